The Morgan fingerprint density at radius 3 is 2.70 bits per heavy atom. The van der Waals surface area contributed by atoms with Gasteiger partial charge in [0.2, 0.25) is 5.95 Å². The van der Waals surface area contributed by atoms with Crippen LogP contribution in [-0.4, -0.2) is 19.6 Å². The highest BCUT2D eigenvalue weighted by Gasteiger charge is 2.13. The van der Waals surface area contributed by atoms with E-state index in [9.17, 15) is 0 Å². The van der Waals surface area contributed by atoms with Crippen LogP contribution >= 0.6 is 11.6 Å². The van der Waals surface area contributed by atoms with Crippen molar-refractivity contribution in [2.24, 2.45) is 0 Å². The number of fused-ring (bicyclic) bond motifs is 3. The molecule has 0 aliphatic carbocycles. The third-order valence-electron chi connectivity index (χ3n) is 3.92. The fraction of sp³-hybridized carbons (Fsp3) is 0.118. The number of hydrogen-bond donors (Lipinski definition) is 1. The molecule has 2 heterocycles. The van der Waals surface area contributed by atoms with E-state index in [0.29, 0.717) is 11.0 Å². The van der Waals surface area contributed by atoms with Crippen molar-refractivity contribution in [3.05, 3.63) is 58.9 Å². The Balaban J connectivity index is 1.98. The summed E-state index contributed by atoms with van der Waals surface area (Å²) in [5.74, 6) is 1.45. The molecule has 0 radical (unpaired) electrons. The second-order valence-electron chi connectivity index (χ2n) is 5.40. The summed E-state index contributed by atoms with van der Waals surface area (Å²) >= 11 is 6.21. The van der Waals surface area contributed by atoms with E-state index >= 15 is 0 Å². The van der Waals surface area contributed by atoms with Gasteiger partial charge in [-0.1, -0.05) is 29.8 Å². The van der Waals surface area contributed by atoms with Crippen molar-refractivity contribution in [2.75, 3.05) is 5.32 Å². The summed E-state index contributed by atoms with van der Waals surface area (Å²) in [6.45, 7) is 3.88. The lowest BCUT2D eigenvalue weighted by Crippen LogP contribution is -2.05. The van der Waals surface area contributed by atoms with Crippen LogP contribution in [0.15, 0.2) is 42.5 Å². The van der Waals surface area contributed by atoms with Crippen LogP contribution in [0.1, 0.15) is 11.4 Å². The van der Waals surface area contributed by atoms with Crippen molar-refractivity contribution in [3.63, 3.8) is 0 Å². The number of nitrogens with one attached hydrogen (secondary N) is 1. The van der Waals surface area contributed by atoms with Crippen molar-refractivity contribution in [1.29, 1.82) is 0 Å². The molecule has 0 aliphatic heterocycles. The Kier molecular flexibility index (Phi) is 3.16. The van der Waals surface area contributed by atoms with E-state index in [4.69, 9.17) is 16.6 Å². The molecule has 23 heavy (non-hydrogen) atoms. The highest BCUT2D eigenvalue weighted by molar-refractivity contribution is 6.31. The Bertz CT molecular complexity index is 1040. The molecule has 0 amide bonds. The first-order valence-electron chi connectivity index (χ1n) is 7.28. The molecule has 0 atom stereocenters. The normalized spacial score (nSPS) is 11.3. The number of hydrogen-bond acceptors (Lipinski definition) is 4. The van der Waals surface area contributed by atoms with Crippen LogP contribution < -0.4 is 5.32 Å². The van der Waals surface area contributed by atoms with Gasteiger partial charge in [0, 0.05) is 16.1 Å². The van der Waals surface area contributed by atoms with Gasteiger partial charge < -0.3 is 5.32 Å². The summed E-state index contributed by atoms with van der Waals surface area (Å²) in [6, 6.07) is 13.7. The lowest BCUT2D eigenvalue weighted by atomic mass is 10.2. The molecule has 0 unspecified atom stereocenters. The standard InChI is InChI=1S/C17H14ClN5/c1-10-13(18)7-5-9-14(10)19-17-20-15-8-4-3-6-12(15)16-22-21-11(2)23(16)17/h3-9H,1-2H3,(H,19,20). The third-order valence-corrected chi connectivity index (χ3v) is 4.33. The van der Waals surface area contributed by atoms with E-state index in [1.807, 2.05) is 60.7 Å². The molecule has 0 saturated carbocycles. The van der Waals surface area contributed by atoms with Gasteiger partial charge in [-0.2, -0.15) is 0 Å². The molecule has 5 nitrogen and oxygen atoms in total. The fourth-order valence-electron chi connectivity index (χ4n) is 2.66. The molecule has 4 aromatic rings. The molecule has 0 bridgehead atoms. The fourth-order valence-corrected chi connectivity index (χ4v) is 2.84. The average molecular weight is 324 g/mol. The highest BCUT2D eigenvalue weighted by atomic mass is 35.5. The number of benzene rings is 2. The Hall–Kier alpha value is -2.66. The van der Waals surface area contributed by atoms with Gasteiger partial charge in [-0.25, -0.2) is 9.38 Å². The second kappa shape index (κ2) is 5.21. The number of nitrogens with zero attached hydrogens (tertiary/aromatic N) is 4. The summed E-state index contributed by atoms with van der Waals surface area (Å²) < 4.78 is 1.92. The van der Waals surface area contributed by atoms with E-state index in [1.165, 1.54) is 0 Å². The minimum Gasteiger partial charge on any atom is -0.325 e. The topological polar surface area (TPSA) is 55.1 Å². The van der Waals surface area contributed by atoms with Crippen molar-refractivity contribution < 1.29 is 0 Å². The van der Waals surface area contributed by atoms with E-state index in [1.54, 1.807) is 0 Å². The molecule has 2 aromatic heterocycles. The van der Waals surface area contributed by atoms with E-state index in [-0.39, 0.29) is 0 Å². The SMILES string of the molecule is Cc1c(Cl)cccc1Nc1nc2ccccc2c2nnc(C)n12. The molecule has 114 valence electrons. The first-order chi connectivity index (χ1) is 11.1. The van der Waals surface area contributed by atoms with Gasteiger partial charge in [0.05, 0.1) is 5.52 Å². The van der Waals surface area contributed by atoms with Gasteiger partial charge in [0.25, 0.3) is 0 Å². The van der Waals surface area contributed by atoms with Crippen LogP contribution in [0.5, 0.6) is 0 Å². The highest BCUT2D eigenvalue weighted by Crippen LogP contribution is 2.28. The number of aromatic nitrogens is 4. The smallest absolute Gasteiger partial charge is 0.215 e. The monoisotopic (exact) mass is 323 g/mol. The Labute approximate surface area is 137 Å². The van der Waals surface area contributed by atoms with Crippen molar-refractivity contribution >= 4 is 39.8 Å². The predicted molar refractivity (Wildman–Crippen MR) is 92.5 cm³/mol. The van der Waals surface area contributed by atoms with Crippen LogP contribution in [0.25, 0.3) is 16.6 Å². The van der Waals surface area contributed by atoms with Gasteiger partial charge in [0.1, 0.15) is 5.82 Å². The maximum absolute atomic E-state index is 6.21. The van der Waals surface area contributed by atoms with E-state index < -0.39 is 0 Å². The number of aryl methyl sites for hydroxylation is 1. The predicted octanol–water partition coefficient (Wildman–Crippen LogP) is 4.29. The lowest BCUT2D eigenvalue weighted by Gasteiger charge is -2.13. The quantitative estimate of drug-likeness (QED) is 0.598. The molecular weight excluding hydrogens is 310 g/mol. The maximum atomic E-state index is 6.21. The molecular formula is C17H14ClN5. The van der Waals surface area contributed by atoms with Crippen LogP contribution in [0.2, 0.25) is 5.02 Å². The zero-order valence-electron chi connectivity index (χ0n) is 12.7. The van der Waals surface area contributed by atoms with E-state index in [2.05, 4.69) is 15.5 Å². The summed E-state index contributed by atoms with van der Waals surface area (Å²) in [4.78, 5) is 4.73. The molecule has 6 heteroatoms. The molecule has 0 saturated heterocycles. The first kappa shape index (κ1) is 14.0. The minimum absolute atomic E-state index is 0.673. The zero-order valence-corrected chi connectivity index (χ0v) is 13.5. The van der Waals surface area contributed by atoms with Crippen LogP contribution in [0, 0.1) is 13.8 Å². The first-order valence-corrected chi connectivity index (χ1v) is 7.65. The van der Waals surface area contributed by atoms with Crippen LogP contribution in [0.4, 0.5) is 11.6 Å². The number of para-hydroxylation sites is 1. The molecule has 2 aromatic carbocycles. The molecule has 0 aliphatic rings. The van der Waals surface area contributed by atoms with Gasteiger partial charge in [-0.3, -0.25) is 0 Å². The minimum atomic E-state index is 0.673. The van der Waals surface area contributed by atoms with Crippen molar-refractivity contribution in [3.8, 4) is 0 Å². The van der Waals surface area contributed by atoms with Crippen LogP contribution in [0.3, 0.4) is 0 Å². The van der Waals surface area contributed by atoms with Gasteiger partial charge >= 0.3 is 0 Å². The van der Waals surface area contributed by atoms with Crippen molar-refractivity contribution in [2.45, 2.75) is 13.8 Å². The Morgan fingerprint density at radius 1 is 1.00 bits per heavy atom. The molecule has 0 spiro atoms. The second-order valence-corrected chi connectivity index (χ2v) is 5.80. The molecule has 0 fully saturated rings. The van der Waals surface area contributed by atoms with Crippen LogP contribution in [-0.2, 0) is 0 Å². The third kappa shape index (κ3) is 2.21. The summed E-state index contributed by atoms with van der Waals surface area (Å²) in [7, 11) is 0. The molecule has 4 rings (SSSR count). The van der Waals surface area contributed by atoms with Crippen molar-refractivity contribution in [1.82, 2.24) is 19.6 Å². The number of halogens is 1. The Morgan fingerprint density at radius 2 is 1.83 bits per heavy atom. The maximum Gasteiger partial charge on any atom is 0.215 e. The largest absolute Gasteiger partial charge is 0.325 e. The summed E-state index contributed by atoms with van der Waals surface area (Å²) in [6.07, 6.45) is 0. The zero-order chi connectivity index (χ0) is 16.0. The average Bonchev–Trinajstić information content (AvgIpc) is 2.94. The van der Waals surface area contributed by atoms with Gasteiger partial charge in [0.15, 0.2) is 5.65 Å². The van der Waals surface area contributed by atoms with Gasteiger partial charge in [-0.05, 0) is 43.7 Å². The van der Waals surface area contributed by atoms with E-state index in [0.717, 1.165) is 33.6 Å². The lowest BCUT2D eigenvalue weighted by molar-refractivity contribution is 0.994. The molecule has 1 N–H and O–H groups in total. The summed E-state index contributed by atoms with van der Waals surface area (Å²) in [5, 5.41) is 13.5. The number of rotatable bonds is 2. The number of anilines is 2. The summed E-state index contributed by atoms with van der Waals surface area (Å²) in [5.41, 5.74) is 3.54. The van der Waals surface area contributed by atoms with Gasteiger partial charge in [-0.15, -0.1) is 10.2 Å².